The third kappa shape index (κ3) is 4.93. The summed E-state index contributed by atoms with van der Waals surface area (Å²) >= 11 is 0. The molecule has 0 radical (unpaired) electrons. The number of carbonyl (C=O) groups is 1. The Labute approximate surface area is 145 Å². The highest BCUT2D eigenvalue weighted by atomic mass is 28.3. The minimum absolute atomic E-state index is 0.603. The number of aliphatic carboxylic acids is 1. The molecule has 0 atom stereocenters. The second kappa shape index (κ2) is 8.11. The van der Waals surface area contributed by atoms with Gasteiger partial charge in [0, 0.05) is 5.57 Å². The van der Waals surface area contributed by atoms with Crippen LogP contribution in [0.1, 0.15) is 18.9 Å². The number of carboxylic acids is 1. The van der Waals surface area contributed by atoms with E-state index < -0.39 is 14.0 Å². The predicted octanol–water partition coefficient (Wildman–Crippen LogP) is 4.64. The Balaban J connectivity index is 2.17. The first-order chi connectivity index (χ1) is 11.4. The molecule has 0 aliphatic carbocycles. The average Bonchev–Trinajstić information content (AvgIpc) is 2.59. The van der Waals surface area contributed by atoms with Gasteiger partial charge in [0.2, 0.25) is 0 Å². The van der Waals surface area contributed by atoms with Gasteiger partial charge in [-0.25, -0.2) is 4.79 Å². The minimum Gasteiger partial charge on any atom is -0.478 e. The maximum absolute atomic E-state index is 11.8. The minimum atomic E-state index is -1.82. The van der Waals surface area contributed by atoms with E-state index in [1.54, 1.807) is 0 Å². The number of hydrogen-bond donors (Lipinski definition) is 1. The van der Waals surface area contributed by atoms with Gasteiger partial charge in [-0.2, -0.15) is 0 Å². The summed E-state index contributed by atoms with van der Waals surface area (Å²) in [5.74, 6) is -0.767. The second-order valence-electron chi connectivity index (χ2n) is 6.98. The summed E-state index contributed by atoms with van der Waals surface area (Å²) in [5.41, 5.74) is 2.86. The lowest BCUT2D eigenvalue weighted by Gasteiger charge is -2.24. The molecule has 0 heterocycles. The molecule has 0 aliphatic rings. The van der Waals surface area contributed by atoms with Gasteiger partial charge in [-0.15, -0.1) is 0 Å². The van der Waals surface area contributed by atoms with Crippen LogP contribution < -0.4 is 5.19 Å². The van der Waals surface area contributed by atoms with Crippen molar-refractivity contribution in [3.63, 3.8) is 0 Å². The fourth-order valence-corrected chi connectivity index (χ4v) is 5.61. The smallest absolute Gasteiger partial charge is 0.331 e. The molecule has 0 saturated heterocycles. The van der Waals surface area contributed by atoms with Gasteiger partial charge >= 0.3 is 5.97 Å². The molecule has 2 nitrogen and oxygen atoms in total. The van der Waals surface area contributed by atoms with E-state index >= 15 is 0 Å². The molecule has 2 aromatic carbocycles. The van der Waals surface area contributed by atoms with Gasteiger partial charge in [-0.1, -0.05) is 84.5 Å². The van der Waals surface area contributed by atoms with Crippen LogP contribution in [0.4, 0.5) is 0 Å². The van der Waals surface area contributed by atoms with E-state index in [9.17, 15) is 9.90 Å². The quantitative estimate of drug-likeness (QED) is 0.590. The van der Waals surface area contributed by atoms with E-state index in [1.807, 2.05) is 43.3 Å². The fraction of sp³-hybridized carbons (Fsp3) is 0.286. The molecular formula is C21H26O2Si. The second-order valence-corrected chi connectivity index (χ2v) is 11.7. The van der Waals surface area contributed by atoms with Crippen molar-refractivity contribution in [3.8, 4) is 0 Å². The molecule has 0 aromatic heterocycles. The van der Waals surface area contributed by atoms with Crippen LogP contribution in [0.2, 0.25) is 19.1 Å². The molecule has 0 fully saturated rings. The number of carboxylic acid groups (broad SMARTS) is 1. The van der Waals surface area contributed by atoms with E-state index in [0.717, 1.165) is 18.4 Å². The summed E-state index contributed by atoms with van der Waals surface area (Å²) in [4.78, 5) is 11.8. The molecule has 0 bridgehead atoms. The SMILES string of the molecule is C/C(CCc1ccccc1)=C(/C[Si](C)(C)c1ccccc1)C(=O)O. The van der Waals surface area contributed by atoms with Gasteiger partial charge in [-0.3, -0.25) is 0 Å². The highest BCUT2D eigenvalue weighted by Gasteiger charge is 2.28. The van der Waals surface area contributed by atoms with Crippen LogP contribution in [0.5, 0.6) is 0 Å². The molecule has 2 aromatic rings. The van der Waals surface area contributed by atoms with Crippen LogP contribution >= 0.6 is 0 Å². The molecule has 0 saturated carbocycles. The number of aryl methyl sites for hydroxylation is 1. The molecule has 0 amide bonds. The summed E-state index contributed by atoms with van der Waals surface area (Å²) in [5, 5.41) is 11.0. The van der Waals surface area contributed by atoms with Crippen LogP contribution in [0.15, 0.2) is 71.8 Å². The van der Waals surface area contributed by atoms with Crippen molar-refractivity contribution in [1.29, 1.82) is 0 Å². The van der Waals surface area contributed by atoms with Crippen molar-refractivity contribution in [3.05, 3.63) is 77.4 Å². The Kier molecular flexibility index (Phi) is 6.15. The van der Waals surface area contributed by atoms with Crippen LogP contribution in [-0.2, 0) is 11.2 Å². The molecule has 0 spiro atoms. The zero-order chi connectivity index (χ0) is 17.6. The molecule has 2 rings (SSSR count). The van der Waals surface area contributed by atoms with Crippen LogP contribution in [0.3, 0.4) is 0 Å². The Morgan fingerprint density at radius 3 is 2.04 bits per heavy atom. The van der Waals surface area contributed by atoms with E-state index in [2.05, 4.69) is 37.4 Å². The van der Waals surface area contributed by atoms with Gasteiger partial charge in [0.25, 0.3) is 0 Å². The highest BCUT2D eigenvalue weighted by molar-refractivity contribution is 6.90. The third-order valence-corrected chi connectivity index (χ3v) is 7.71. The van der Waals surface area contributed by atoms with Gasteiger partial charge in [-0.05, 0) is 31.4 Å². The van der Waals surface area contributed by atoms with Gasteiger partial charge in [0.1, 0.15) is 0 Å². The normalized spacial score (nSPS) is 12.6. The van der Waals surface area contributed by atoms with Crippen LogP contribution in [0.25, 0.3) is 0 Å². The third-order valence-electron chi connectivity index (χ3n) is 4.58. The highest BCUT2D eigenvalue weighted by Crippen LogP contribution is 2.23. The molecule has 24 heavy (non-hydrogen) atoms. The van der Waals surface area contributed by atoms with Gasteiger partial charge < -0.3 is 5.11 Å². The van der Waals surface area contributed by atoms with Crippen molar-refractivity contribution < 1.29 is 9.90 Å². The average molecular weight is 339 g/mol. The zero-order valence-electron chi connectivity index (χ0n) is 14.8. The number of allylic oxidation sites excluding steroid dienone is 1. The molecule has 0 unspecified atom stereocenters. The first kappa shape index (κ1) is 18.2. The Bertz CT molecular complexity index is 703. The predicted molar refractivity (Wildman–Crippen MR) is 103 cm³/mol. The summed E-state index contributed by atoms with van der Waals surface area (Å²) in [6.45, 7) is 6.47. The Hall–Kier alpha value is -2.13. The lowest BCUT2D eigenvalue weighted by Crippen LogP contribution is -2.42. The lowest BCUT2D eigenvalue weighted by atomic mass is 10.0. The zero-order valence-corrected chi connectivity index (χ0v) is 15.8. The monoisotopic (exact) mass is 338 g/mol. The first-order valence-electron chi connectivity index (χ1n) is 8.41. The van der Waals surface area contributed by atoms with Gasteiger partial charge in [0.05, 0.1) is 8.07 Å². The van der Waals surface area contributed by atoms with E-state index in [0.29, 0.717) is 11.6 Å². The van der Waals surface area contributed by atoms with E-state index in [1.165, 1.54) is 10.8 Å². The standard InChI is InChI=1S/C21H26O2Si/c1-17(14-15-18-10-6-4-7-11-18)20(21(22)23)16-24(2,3)19-12-8-5-9-13-19/h4-13H,14-16H2,1-3H3,(H,22,23)/b20-17+. The Morgan fingerprint density at radius 1 is 0.958 bits per heavy atom. The maximum atomic E-state index is 11.8. The van der Waals surface area contributed by atoms with E-state index in [-0.39, 0.29) is 0 Å². The van der Waals surface area contributed by atoms with Crippen molar-refractivity contribution >= 4 is 19.2 Å². The maximum Gasteiger partial charge on any atom is 0.331 e. The van der Waals surface area contributed by atoms with Crippen molar-refractivity contribution in [2.75, 3.05) is 0 Å². The van der Waals surface area contributed by atoms with Crippen molar-refractivity contribution in [1.82, 2.24) is 0 Å². The van der Waals surface area contributed by atoms with Crippen LogP contribution in [0, 0.1) is 0 Å². The topological polar surface area (TPSA) is 37.3 Å². The molecular weight excluding hydrogens is 312 g/mol. The molecule has 126 valence electrons. The summed E-state index contributed by atoms with van der Waals surface area (Å²) in [6, 6.07) is 21.3. The van der Waals surface area contributed by atoms with Gasteiger partial charge in [0.15, 0.2) is 0 Å². The summed E-state index contributed by atoms with van der Waals surface area (Å²) in [6.07, 6.45) is 1.68. The molecule has 0 aliphatic heterocycles. The lowest BCUT2D eigenvalue weighted by molar-refractivity contribution is -0.132. The fourth-order valence-electron chi connectivity index (χ4n) is 2.97. The largest absolute Gasteiger partial charge is 0.478 e. The van der Waals surface area contributed by atoms with Crippen LogP contribution in [-0.4, -0.2) is 19.1 Å². The van der Waals surface area contributed by atoms with Crippen molar-refractivity contribution in [2.24, 2.45) is 0 Å². The molecule has 3 heteroatoms. The first-order valence-corrected chi connectivity index (χ1v) is 11.6. The number of benzene rings is 2. The number of rotatable bonds is 7. The van der Waals surface area contributed by atoms with Crippen molar-refractivity contribution in [2.45, 2.75) is 38.9 Å². The summed E-state index contributed by atoms with van der Waals surface area (Å²) < 4.78 is 0. The number of hydrogen-bond acceptors (Lipinski definition) is 1. The van der Waals surface area contributed by atoms with E-state index in [4.69, 9.17) is 0 Å². The summed E-state index contributed by atoms with van der Waals surface area (Å²) in [7, 11) is -1.82. The Morgan fingerprint density at radius 2 is 1.50 bits per heavy atom. The molecule has 1 N–H and O–H groups in total.